The van der Waals surface area contributed by atoms with Crippen molar-refractivity contribution in [1.29, 1.82) is 0 Å². The SMILES string of the molecule is CC1CCC(NC(=O)[C@H]2CCCN(S(=O)(=O)c3ccc4c(c3)C[C@H](C)N4C(=O)C3CC3)C2)CC1. The van der Waals surface area contributed by atoms with Gasteiger partial charge in [0.1, 0.15) is 0 Å². The molecule has 1 N–H and O–H groups in total. The summed E-state index contributed by atoms with van der Waals surface area (Å²) in [5.74, 6) is 0.711. The van der Waals surface area contributed by atoms with E-state index in [1.54, 1.807) is 18.2 Å². The van der Waals surface area contributed by atoms with Gasteiger partial charge in [-0.2, -0.15) is 4.31 Å². The number of hydrogen-bond donors (Lipinski definition) is 1. The van der Waals surface area contributed by atoms with E-state index in [0.29, 0.717) is 19.4 Å². The molecule has 1 aromatic rings. The van der Waals surface area contributed by atoms with Gasteiger partial charge in [-0.1, -0.05) is 6.92 Å². The Morgan fingerprint density at radius 3 is 2.41 bits per heavy atom. The largest absolute Gasteiger partial charge is 0.353 e. The molecule has 34 heavy (non-hydrogen) atoms. The molecular formula is C26H37N3O4S. The molecule has 0 unspecified atom stereocenters. The van der Waals surface area contributed by atoms with E-state index in [-0.39, 0.29) is 47.2 Å². The maximum atomic E-state index is 13.5. The van der Waals surface area contributed by atoms with Gasteiger partial charge in [0.05, 0.1) is 10.8 Å². The van der Waals surface area contributed by atoms with Crippen LogP contribution >= 0.6 is 0 Å². The van der Waals surface area contributed by atoms with Crippen LogP contribution in [-0.2, 0) is 26.0 Å². The fourth-order valence-corrected chi connectivity index (χ4v) is 7.45. The number of nitrogens with one attached hydrogen (secondary N) is 1. The fourth-order valence-electron chi connectivity index (χ4n) is 5.88. The lowest BCUT2D eigenvalue weighted by Crippen LogP contribution is -2.48. The maximum absolute atomic E-state index is 13.5. The van der Waals surface area contributed by atoms with Crippen molar-refractivity contribution in [1.82, 2.24) is 9.62 Å². The molecule has 0 spiro atoms. The number of anilines is 1. The Balaban J connectivity index is 1.27. The Labute approximate surface area is 203 Å². The van der Waals surface area contributed by atoms with E-state index < -0.39 is 10.0 Å². The van der Waals surface area contributed by atoms with Crippen molar-refractivity contribution in [2.75, 3.05) is 18.0 Å². The molecule has 8 heteroatoms. The number of carbonyl (C=O) groups excluding carboxylic acids is 2. The van der Waals surface area contributed by atoms with Crippen molar-refractivity contribution in [3.8, 4) is 0 Å². The number of hydrogen-bond acceptors (Lipinski definition) is 4. The Bertz CT molecular complexity index is 1060. The number of piperidine rings is 1. The predicted octanol–water partition coefficient (Wildman–Crippen LogP) is 3.47. The molecule has 1 saturated heterocycles. The van der Waals surface area contributed by atoms with E-state index in [2.05, 4.69) is 12.2 Å². The first-order valence-corrected chi connectivity index (χ1v) is 14.4. The highest BCUT2D eigenvalue weighted by Crippen LogP contribution is 2.40. The topological polar surface area (TPSA) is 86.8 Å². The third kappa shape index (κ3) is 4.63. The van der Waals surface area contributed by atoms with Gasteiger partial charge in [0.25, 0.3) is 0 Å². The minimum atomic E-state index is -3.70. The minimum Gasteiger partial charge on any atom is -0.353 e. The second-order valence-corrected chi connectivity index (χ2v) is 12.9. The van der Waals surface area contributed by atoms with Gasteiger partial charge in [0.15, 0.2) is 0 Å². The number of benzene rings is 1. The highest BCUT2D eigenvalue weighted by Gasteiger charge is 2.40. The number of nitrogens with zero attached hydrogens (tertiary/aromatic N) is 2. The molecule has 4 aliphatic rings. The van der Waals surface area contributed by atoms with Crippen LogP contribution in [-0.4, -0.2) is 49.7 Å². The third-order valence-corrected chi connectivity index (χ3v) is 10.0. The number of sulfonamides is 1. The van der Waals surface area contributed by atoms with Crippen LogP contribution in [0, 0.1) is 17.8 Å². The van der Waals surface area contributed by atoms with Gasteiger partial charge >= 0.3 is 0 Å². The molecule has 2 atom stereocenters. The standard InChI is InChI=1S/C26H37N3O4S/c1-17-5-9-22(10-6-17)27-25(30)20-4-3-13-28(16-20)34(32,33)23-11-12-24-21(15-23)14-18(2)29(24)26(31)19-7-8-19/h11-12,15,17-20,22H,3-10,13-14,16H2,1-2H3,(H,27,30)/t17?,18-,20-,22?/m0/s1. The van der Waals surface area contributed by atoms with Crippen LogP contribution in [0.5, 0.6) is 0 Å². The molecule has 2 amide bonds. The zero-order valence-electron chi connectivity index (χ0n) is 20.3. The van der Waals surface area contributed by atoms with Gasteiger partial charge < -0.3 is 10.2 Å². The van der Waals surface area contributed by atoms with Crippen molar-refractivity contribution >= 4 is 27.5 Å². The van der Waals surface area contributed by atoms with Crippen molar-refractivity contribution in [3.63, 3.8) is 0 Å². The summed E-state index contributed by atoms with van der Waals surface area (Å²) >= 11 is 0. The highest BCUT2D eigenvalue weighted by molar-refractivity contribution is 7.89. The van der Waals surface area contributed by atoms with E-state index in [0.717, 1.165) is 62.1 Å². The van der Waals surface area contributed by atoms with Crippen molar-refractivity contribution in [2.24, 2.45) is 17.8 Å². The van der Waals surface area contributed by atoms with Gasteiger partial charge in [-0.3, -0.25) is 9.59 Å². The lowest BCUT2D eigenvalue weighted by atomic mass is 9.87. The molecule has 0 bridgehead atoms. The summed E-state index contributed by atoms with van der Waals surface area (Å²) < 4.78 is 28.5. The summed E-state index contributed by atoms with van der Waals surface area (Å²) in [5.41, 5.74) is 1.77. The van der Waals surface area contributed by atoms with E-state index in [1.165, 1.54) is 4.31 Å². The third-order valence-electron chi connectivity index (χ3n) is 8.19. The molecule has 186 valence electrons. The Morgan fingerprint density at radius 1 is 0.971 bits per heavy atom. The maximum Gasteiger partial charge on any atom is 0.243 e. The van der Waals surface area contributed by atoms with Crippen molar-refractivity contribution in [3.05, 3.63) is 23.8 Å². The summed E-state index contributed by atoms with van der Waals surface area (Å²) in [5, 5.41) is 3.19. The minimum absolute atomic E-state index is 0.00328. The first kappa shape index (κ1) is 23.8. The van der Waals surface area contributed by atoms with Crippen molar-refractivity contribution in [2.45, 2.75) is 88.6 Å². The monoisotopic (exact) mass is 487 g/mol. The van der Waals surface area contributed by atoms with Crippen LogP contribution in [0.25, 0.3) is 0 Å². The zero-order chi connectivity index (χ0) is 24.0. The van der Waals surface area contributed by atoms with E-state index in [1.807, 2.05) is 11.8 Å². The first-order chi connectivity index (χ1) is 16.2. The molecule has 0 radical (unpaired) electrons. The number of fused-ring (bicyclic) bond motifs is 1. The quantitative estimate of drug-likeness (QED) is 0.689. The molecule has 2 aliphatic heterocycles. The van der Waals surface area contributed by atoms with Crippen LogP contribution < -0.4 is 10.2 Å². The summed E-state index contributed by atoms with van der Waals surface area (Å²) in [6.07, 6.45) is 8.27. The number of amides is 2. The Morgan fingerprint density at radius 2 is 1.71 bits per heavy atom. The smallest absolute Gasteiger partial charge is 0.243 e. The van der Waals surface area contributed by atoms with Crippen LogP contribution in [0.1, 0.15) is 70.8 Å². The van der Waals surface area contributed by atoms with Gasteiger partial charge in [-0.15, -0.1) is 0 Å². The summed E-state index contributed by atoms with van der Waals surface area (Å²) in [4.78, 5) is 27.8. The van der Waals surface area contributed by atoms with Crippen LogP contribution in [0.3, 0.4) is 0 Å². The molecule has 1 aromatic carbocycles. The zero-order valence-corrected chi connectivity index (χ0v) is 21.1. The lowest BCUT2D eigenvalue weighted by Gasteiger charge is -2.33. The number of rotatable bonds is 5. The fraction of sp³-hybridized carbons (Fsp3) is 0.692. The average molecular weight is 488 g/mol. The molecule has 2 saturated carbocycles. The molecule has 5 rings (SSSR count). The normalized spacial score (nSPS) is 30.1. The Hall–Kier alpha value is -1.93. The molecule has 2 aliphatic carbocycles. The molecule has 7 nitrogen and oxygen atoms in total. The average Bonchev–Trinajstić information content (AvgIpc) is 3.62. The summed E-state index contributed by atoms with van der Waals surface area (Å²) in [6, 6.07) is 5.44. The summed E-state index contributed by atoms with van der Waals surface area (Å²) in [7, 11) is -3.70. The van der Waals surface area contributed by atoms with Crippen LogP contribution in [0.4, 0.5) is 5.69 Å². The van der Waals surface area contributed by atoms with Crippen molar-refractivity contribution < 1.29 is 18.0 Å². The highest BCUT2D eigenvalue weighted by atomic mass is 32.2. The van der Waals surface area contributed by atoms with Crippen LogP contribution in [0.15, 0.2) is 23.1 Å². The van der Waals surface area contributed by atoms with E-state index >= 15 is 0 Å². The first-order valence-electron chi connectivity index (χ1n) is 13.0. The molecule has 3 fully saturated rings. The lowest BCUT2D eigenvalue weighted by molar-refractivity contribution is -0.127. The Kier molecular flexibility index (Phi) is 6.48. The predicted molar refractivity (Wildman–Crippen MR) is 131 cm³/mol. The molecular weight excluding hydrogens is 450 g/mol. The molecule has 2 heterocycles. The van der Waals surface area contributed by atoms with Gasteiger partial charge in [0, 0.05) is 36.8 Å². The van der Waals surface area contributed by atoms with Crippen LogP contribution in [0.2, 0.25) is 0 Å². The van der Waals surface area contributed by atoms with Gasteiger partial charge in [0.2, 0.25) is 21.8 Å². The van der Waals surface area contributed by atoms with E-state index in [4.69, 9.17) is 0 Å². The molecule has 0 aromatic heterocycles. The summed E-state index contributed by atoms with van der Waals surface area (Å²) in [6.45, 7) is 4.95. The second kappa shape index (κ2) is 9.26. The number of carbonyl (C=O) groups is 2. The van der Waals surface area contributed by atoms with E-state index in [9.17, 15) is 18.0 Å². The second-order valence-electron chi connectivity index (χ2n) is 11.0. The van der Waals surface area contributed by atoms with Gasteiger partial charge in [-0.05, 0) is 94.4 Å². The van der Waals surface area contributed by atoms with Gasteiger partial charge in [-0.25, -0.2) is 8.42 Å².